The van der Waals surface area contributed by atoms with Crippen molar-refractivity contribution in [3.05, 3.63) is 75.8 Å². The molecule has 1 amide bonds. The molecule has 3 aromatic heterocycles. The number of tetrazole rings is 1. The SMILES string of the molecule is Cc1nn(Cc2ccccc2Cl)c2sc(C(=O)Nc3cccc(-c4nnnn4C)c3)cc12. The van der Waals surface area contributed by atoms with Gasteiger partial charge < -0.3 is 5.32 Å². The van der Waals surface area contributed by atoms with Gasteiger partial charge in [0.05, 0.1) is 17.1 Å². The fourth-order valence-corrected chi connectivity index (χ4v) is 4.77. The zero-order valence-electron chi connectivity index (χ0n) is 17.3. The van der Waals surface area contributed by atoms with E-state index in [1.807, 2.05) is 66.2 Å². The Balaban J connectivity index is 1.41. The lowest BCUT2D eigenvalue weighted by Gasteiger charge is -2.06. The number of aryl methyl sites for hydroxylation is 2. The van der Waals surface area contributed by atoms with Gasteiger partial charge in [0.2, 0.25) is 0 Å². The van der Waals surface area contributed by atoms with Gasteiger partial charge in [0.15, 0.2) is 5.82 Å². The number of thiophene rings is 1. The molecule has 0 atom stereocenters. The lowest BCUT2D eigenvalue weighted by Crippen LogP contribution is -2.10. The third kappa shape index (κ3) is 3.76. The lowest BCUT2D eigenvalue weighted by atomic mass is 10.2. The van der Waals surface area contributed by atoms with Gasteiger partial charge in [-0.2, -0.15) is 5.10 Å². The number of fused-ring (bicyclic) bond motifs is 1. The number of hydrogen-bond donors (Lipinski definition) is 1. The summed E-state index contributed by atoms with van der Waals surface area (Å²) in [6, 6.07) is 17.0. The van der Waals surface area contributed by atoms with Crippen molar-refractivity contribution in [2.45, 2.75) is 13.5 Å². The standard InChI is InChI=1S/C22H18ClN7OS/c1-13-17-11-19(32-22(17)30(26-13)12-15-6-3-4-9-18(15)23)21(31)24-16-8-5-7-14(10-16)20-25-27-28-29(20)2/h3-11H,12H2,1-2H3,(H,24,31). The molecule has 1 N–H and O–H groups in total. The second kappa shape index (κ2) is 8.18. The van der Waals surface area contributed by atoms with E-state index in [0.717, 1.165) is 27.0 Å². The first-order chi connectivity index (χ1) is 15.5. The molecule has 0 aliphatic rings. The van der Waals surface area contributed by atoms with E-state index in [0.29, 0.717) is 28.0 Å². The topological polar surface area (TPSA) is 90.5 Å². The van der Waals surface area contributed by atoms with Gasteiger partial charge in [0.25, 0.3) is 5.91 Å². The highest BCUT2D eigenvalue weighted by molar-refractivity contribution is 7.20. The van der Waals surface area contributed by atoms with Gasteiger partial charge in [-0.25, -0.2) is 4.68 Å². The van der Waals surface area contributed by atoms with Gasteiger partial charge >= 0.3 is 0 Å². The van der Waals surface area contributed by atoms with Crippen LogP contribution in [0.5, 0.6) is 0 Å². The maximum atomic E-state index is 13.0. The Morgan fingerprint density at radius 2 is 2.00 bits per heavy atom. The molecule has 32 heavy (non-hydrogen) atoms. The number of nitrogens with zero attached hydrogens (tertiary/aromatic N) is 6. The van der Waals surface area contributed by atoms with E-state index in [9.17, 15) is 4.79 Å². The molecule has 3 heterocycles. The molecule has 2 aromatic carbocycles. The maximum absolute atomic E-state index is 13.0. The molecule has 5 rings (SSSR count). The molecule has 0 unspecified atom stereocenters. The number of benzene rings is 2. The molecule has 5 aromatic rings. The van der Waals surface area contributed by atoms with E-state index >= 15 is 0 Å². The van der Waals surface area contributed by atoms with Crippen molar-refractivity contribution in [3.63, 3.8) is 0 Å². The van der Waals surface area contributed by atoms with Gasteiger partial charge in [-0.3, -0.25) is 9.48 Å². The fourth-order valence-electron chi connectivity index (χ4n) is 3.52. The Hall–Kier alpha value is -3.56. The van der Waals surface area contributed by atoms with Crippen LogP contribution in [0.1, 0.15) is 20.9 Å². The predicted molar refractivity (Wildman–Crippen MR) is 125 cm³/mol. The van der Waals surface area contributed by atoms with Gasteiger partial charge in [-0.1, -0.05) is 41.9 Å². The number of amides is 1. The Bertz CT molecular complexity index is 1450. The molecule has 0 saturated carbocycles. The van der Waals surface area contributed by atoms with E-state index in [4.69, 9.17) is 11.6 Å². The van der Waals surface area contributed by atoms with E-state index in [2.05, 4.69) is 25.9 Å². The first-order valence-electron chi connectivity index (χ1n) is 9.84. The highest BCUT2D eigenvalue weighted by Gasteiger charge is 2.17. The Morgan fingerprint density at radius 1 is 1.16 bits per heavy atom. The van der Waals surface area contributed by atoms with E-state index < -0.39 is 0 Å². The molecule has 160 valence electrons. The van der Waals surface area contributed by atoms with E-state index in [1.165, 1.54) is 11.3 Å². The number of hydrogen-bond acceptors (Lipinski definition) is 6. The highest BCUT2D eigenvalue weighted by Crippen LogP contribution is 2.30. The molecule has 0 radical (unpaired) electrons. The van der Waals surface area contributed by atoms with Gasteiger partial charge in [-0.15, -0.1) is 16.4 Å². The van der Waals surface area contributed by atoms with Crippen LogP contribution in [0, 0.1) is 6.92 Å². The quantitative estimate of drug-likeness (QED) is 0.413. The Morgan fingerprint density at radius 3 is 2.78 bits per heavy atom. The molecular weight excluding hydrogens is 446 g/mol. The minimum absolute atomic E-state index is 0.178. The number of carbonyl (C=O) groups excluding carboxylic acids is 1. The summed E-state index contributed by atoms with van der Waals surface area (Å²) in [5.74, 6) is 0.446. The molecule has 0 spiro atoms. The van der Waals surface area contributed by atoms with Gasteiger partial charge in [-0.05, 0) is 47.2 Å². The van der Waals surface area contributed by atoms with Crippen LogP contribution < -0.4 is 5.32 Å². The summed E-state index contributed by atoms with van der Waals surface area (Å²) < 4.78 is 3.48. The molecule has 8 nitrogen and oxygen atoms in total. The molecule has 10 heteroatoms. The lowest BCUT2D eigenvalue weighted by molar-refractivity contribution is 0.103. The van der Waals surface area contributed by atoms with Crippen LogP contribution in [-0.2, 0) is 13.6 Å². The second-order valence-corrected chi connectivity index (χ2v) is 8.76. The largest absolute Gasteiger partial charge is 0.321 e. The van der Waals surface area contributed by atoms with Gasteiger partial charge in [0, 0.05) is 28.7 Å². The molecule has 0 saturated heterocycles. The average molecular weight is 464 g/mol. The van der Waals surface area contributed by atoms with Crippen molar-refractivity contribution in [2.75, 3.05) is 5.32 Å². The summed E-state index contributed by atoms with van der Waals surface area (Å²) in [5.41, 5.74) is 3.34. The zero-order chi connectivity index (χ0) is 22.2. The molecule has 0 aliphatic heterocycles. The highest BCUT2D eigenvalue weighted by atomic mass is 35.5. The number of halogens is 1. The van der Waals surface area contributed by atoms with Crippen LogP contribution in [0.3, 0.4) is 0 Å². The number of carbonyl (C=O) groups is 1. The summed E-state index contributed by atoms with van der Waals surface area (Å²) in [4.78, 5) is 14.5. The van der Waals surface area contributed by atoms with Crippen LogP contribution in [-0.4, -0.2) is 35.9 Å². The maximum Gasteiger partial charge on any atom is 0.265 e. The van der Waals surface area contributed by atoms with E-state index in [-0.39, 0.29) is 5.91 Å². The van der Waals surface area contributed by atoms with E-state index in [1.54, 1.807) is 11.7 Å². The first-order valence-corrected chi connectivity index (χ1v) is 11.0. The van der Waals surface area contributed by atoms with Crippen molar-refractivity contribution in [1.82, 2.24) is 30.0 Å². The number of nitrogens with one attached hydrogen (secondary N) is 1. The van der Waals surface area contributed by atoms with Crippen molar-refractivity contribution in [1.29, 1.82) is 0 Å². The predicted octanol–water partition coefficient (Wildman–Crippen LogP) is 4.55. The van der Waals surface area contributed by atoms with Crippen molar-refractivity contribution in [2.24, 2.45) is 7.05 Å². The van der Waals surface area contributed by atoms with Crippen LogP contribution in [0.4, 0.5) is 5.69 Å². The van der Waals surface area contributed by atoms with Crippen LogP contribution in [0.25, 0.3) is 21.6 Å². The second-order valence-electron chi connectivity index (χ2n) is 7.32. The number of anilines is 1. The first kappa shape index (κ1) is 20.3. The van der Waals surface area contributed by atoms with Crippen molar-refractivity contribution >= 4 is 44.7 Å². The monoisotopic (exact) mass is 463 g/mol. The zero-order valence-corrected chi connectivity index (χ0v) is 18.9. The number of aromatic nitrogens is 6. The molecule has 0 fully saturated rings. The Kier molecular flexibility index (Phi) is 5.20. The third-order valence-electron chi connectivity index (χ3n) is 5.11. The Labute approximate surface area is 192 Å². The minimum Gasteiger partial charge on any atom is -0.321 e. The molecule has 0 bridgehead atoms. The summed E-state index contributed by atoms with van der Waals surface area (Å²) >= 11 is 7.73. The smallest absolute Gasteiger partial charge is 0.265 e. The average Bonchev–Trinajstić information content (AvgIpc) is 3.47. The minimum atomic E-state index is -0.178. The summed E-state index contributed by atoms with van der Waals surface area (Å²) in [6.07, 6.45) is 0. The van der Waals surface area contributed by atoms with Crippen molar-refractivity contribution in [3.8, 4) is 11.4 Å². The van der Waals surface area contributed by atoms with Crippen LogP contribution in [0.15, 0.2) is 54.6 Å². The summed E-state index contributed by atoms with van der Waals surface area (Å²) in [7, 11) is 1.77. The fraction of sp³-hybridized carbons (Fsp3) is 0.136. The van der Waals surface area contributed by atoms with Crippen molar-refractivity contribution < 1.29 is 4.79 Å². The number of rotatable bonds is 5. The molecular formula is C22H18ClN7OS. The summed E-state index contributed by atoms with van der Waals surface area (Å²) in [5, 5.41) is 20.8. The normalized spacial score (nSPS) is 11.2. The van der Waals surface area contributed by atoms with Crippen LogP contribution in [0.2, 0.25) is 5.02 Å². The van der Waals surface area contributed by atoms with Gasteiger partial charge in [0.1, 0.15) is 4.83 Å². The van der Waals surface area contributed by atoms with Crippen LogP contribution >= 0.6 is 22.9 Å². The third-order valence-corrected chi connectivity index (χ3v) is 6.62. The summed E-state index contributed by atoms with van der Waals surface area (Å²) in [6.45, 7) is 2.48. The molecule has 0 aliphatic carbocycles.